The smallest absolute Gasteiger partial charge is 0.337 e. The van der Waals surface area contributed by atoms with E-state index < -0.39 is 11.9 Å². The van der Waals surface area contributed by atoms with E-state index in [-0.39, 0.29) is 22.4 Å². The summed E-state index contributed by atoms with van der Waals surface area (Å²) >= 11 is 3.00. The number of methoxy groups -OCH3 is 2. The van der Waals surface area contributed by atoms with Crippen molar-refractivity contribution < 1.29 is 23.9 Å². The van der Waals surface area contributed by atoms with E-state index in [2.05, 4.69) is 30.7 Å². The van der Waals surface area contributed by atoms with Gasteiger partial charge in [0.1, 0.15) is 0 Å². The highest BCUT2D eigenvalue weighted by atomic mass is 79.9. The maximum atomic E-state index is 11.5. The average molecular weight is 330 g/mol. The van der Waals surface area contributed by atoms with Crippen molar-refractivity contribution in [2.24, 2.45) is 0 Å². The van der Waals surface area contributed by atoms with Crippen molar-refractivity contribution in [1.29, 1.82) is 0 Å². The molecule has 0 aromatic heterocycles. The summed E-state index contributed by atoms with van der Waals surface area (Å²) in [5, 5.41) is 2.63. The van der Waals surface area contributed by atoms with Gasteiger partial charge in [-0.15, -0.1) is 0 Å². The first kappa shape index (κ1) is 15.2. The van der Waals surface area contributed by atoms with Gasteiger partial charge in [-0.2, -0.15) is 0 Å². The van der Waals surface area contributed by atoms with Crippen molar-refractivity contribution in [3.63, 3.8) is 0 Å². The molecule has 0 spiro atoms. The summed E-state index contributed by atoms with van der Waals surface area (Å²) in [5.74, 6) is -1.53. The summed E-state index contributed by atoms with van der Waals surface area (Å²) in [4.78, 5) is 34.3. The predicted molar refractivity (Wildman–Crippen MR) is 71.5 cm³/mol. The van der Waals surface area contributed by atoms with Crippen molar-refractivity contribution in [2.45, 2.75) is 0 Å². The van der Waals surface area contributed by atoms with Crippen LogP contribution in [-0.2, 0) is 14.3 Å². The molecule has 0 heterocycles. The molecule has 1 aromatic rings. The number of esters is 2. The summed E-state index contributed by atoms with van der Waals surface area (Å²) in [6, 6.07) is 4.17. The van der Waals surface area contributed by atoms with Gasteiger partial charge in [0.2, 0.25) is 5.91 Å². The number of halogens is 1. The summed E-state index contributed by atoms with van der Waals surface area (Å²) in [7, 11) is 2.45. The highest BCUT2D eigenvalue weighted by Crippen LogP contribution is 2.17. The molecule has 19 heavy (non-hydrogen) atoms. The maximum Gasteiger partial charge on any atom is 0.337 e. The molecule has 6 nitrogen and oxygen atoms in total. The van der Waals surface area contributed by atoms with Crippen molar-refractivity contribution in [1.82, 2.24) is 0 Å². The fraction of sp³-hybridized carbons (Fsp3) is 0.250. The first-order valence-corrected chi connectivity index (χ1v) is 6.31. The molecule has 0 unspecified atom stereocenters. The van der Waals surface area contributed by atoms with Crippen LogP contribution in [0.3, 0.4) is 0 Å². The van der Waals surface area contributed by atoms with Crippen LogP contribution in [0.25, 0.3) is 0 Å². The zero-order chi connectivity index (χ0) is 14.4. The molecular formula is C12H12BrNO5. The van der Waals surface area contributed by atoms with Gasteiger partial charge in [-0.3, -0.25) is 4.79 Å². The number of alkyl halides is 1. The quantitative estimate of drug-likeness (QED) is 0.670. The number of rotatable bonds is 4. The highest BCUT2D eigenvalue weighted by molar-refractivity contribution is 9.09. The van der Waals surface area contributed by atoms with Gasteiger partial charge < -0.3 is 14.8 Å². The molecule has 1 N–H and O–H groups in total. The van der Waals surface area contributed by atoms with Crippen LogP contribution in [0, 0.1) is 0 Å². The molecule has 0 atom stereocenters. The normalized spacial score (nSPS) is 9.63. The Balaban J connectivity index is 3.19. The van der Waals surface area contributed by atoms with E-state index >= 15 is 0 Å². The molecule has 1 amide bonds. The van der Waals surface area contributed by atoms with Gasteiger partial charge in [-0.05, 0) is 18.2 Å². The lowest BCUT2D eigenvalue weighted by Gasteiger charge is -2.08. The summed E-state index contributed by atoms with van der Waals surface area (Å²) in [6.07, 6.45) is 0. The molecule has 0 aliphatic rings. The van der Waals surface area contributed by atoms with Crippen LogP contribution in [0.15, 0.2) is 18.2 Å². The molecule has 102 valence electrons. The lowest BCUT2D eigenvalue weighted by atomic mass is 10.1. The highest BCUT2D eigenvalue weighted by Gasteiger charge is 2.14. The van der Waals surface area contributed by atoms with Crippen molar-refractivity contribution in [3.8, 4) is 0 Å². The van der Waals surface area contributed by atoms with E-state index in [9.17, 15) is 14.4 Å². The van der Waals surface area contributed by atoms with Crippen LogP contribution in [0.2, 0.25) is 0 Å². The Morgan fingerprint density at radius 1 is 1.05 bits per heavy atom. The van der Waals surface area contributed by atoms with Crippen LogP contribution in [0.1, 0.15) is 20.7 Å². The minimum atomic E-state index is -0.611. The number of amides is 1. The van der Waals surface area contributed by atoms with Crippen molar-refractivity contribution >= 4 is 39.5 Å². The first-order chi connectivity index (χ1) is 9.01. The van der Waals surface area contributed by atoms with Crippen LogP contribution in [-0.4, -0.2) is 37.4 Å². The monoisotopic (exact) mass is 329 g/mol. The topological polar surface area (TPSA) is 81.7 Å². The maximum absolute atomic E-state index is 11.5. The second-order valence-electron chi connectivity index (χ2n) is 3.46. The Morgan fingerprint density at radius 3 is 1.89 bits per heavy atom. The molecule has 1 rings (SSSR count). The third-order valence-electron chi connectivity index (χ3n) is 2.18. The number of carbonyl (C=O) groups is 3. The largest absolute Gasteiger partial charge is 0.465 e. The predicted octanol–water partition coefficient (Wildman–Crippen LogP) is 1.59. The Hall–Kier alpha value is -1.89. The number of hydrogen-bond donors (Lipinski definition) is 1. The van der Waals surface area contributed by atoms with Gasteiger partial charge >= 0.3 is 11.9 Å². The van der Waals surface area contributed by atoms with Crippen LogP contribution in [0.5, 0.6) is 0 Å². The second kappa shape index (κ2) is 6.89. The van der Waals surface area contributed by atoms with Crippen LogP contribution < -0.4 is 5.32 Å². The number of carbonyl (C=O) groups excluding carboxylic acids is 3. The summed E-state index contributed by atoms with van der Waals surface area (Å²) < 4.78 is 9.16. The van der Waals surface area contributed by atoms with Crippen molar-refractivity contribution in [3.05, 3.63) is 29.3 Å². The van der Waals surface area contributed by atoms with Crippen LogP contribution >= 0.6 is 15.9 Å². The lowest BCUT2D eigenvalue weighted by Crippen LogP contribution is -2.14. The zero-order valence-corrected chi connectivity index (χ0v) is 11.9. The van der Waals surface area contributed by atoms with Gasteiger partial charge in [0.25, 0.3) is 0 Å². The molecule has 0 aliphatic heterocycles. The zero-order valence-electron chi connectivity index (χ0n) is 10.4. The molecule has 0 fully saturated rings. The number of anilines is 1. The lowest BCUT2D eigenvalue weighted by molar-refractivity contribution is -0.113. The molecule has 0 radical (unpaired) electrons. The fourth-order valence-corrected chi connectivity index (χ4v) is 1.51. The van der Waals surface area contributed by atoms with Gasteiger partial charge in [0.15, 0.2) is 0 Å². The van der Waals surface area contributed by atoms with Gasteiger partial charge in [-0.1, -0.05) is 15.9 Å². The summed E-state index contributed by atoms with van der Waals surface area (Å²) in [6.45, 7) is 0. The SMILES string of the molecule is COC(=O)c1cc(NC(=O)CBr)cc(C(=O)OC)c1. The molecular weight excluding hydrogens is 318 g/mol. The van der Waals surface area contributed by atoms with Gasteiger partial charge in [-0.25, -0.2) is 9.59 Å². The van der Waals surface area contributed by atoms with E-state index in [0.29, 0.717) is 5.69 Å². The van der Waals surface area contributed by atoms with E-state index in [1.165, 1.54) is 32.4 Å². The van der Waals surface area contributed by atoms with Gasteiger partial charge in [0, 0.05) is 5.69 Å². The molecule has 0 aliphatic carbocycles. The third-order valence-corrected chi connectivity index (χ3v) is 2.69. The van der Waals surface area contributed by atoms with E-state index in [0.717, 1.165) is 0 Å². The first-order valence-electron chi connectivity index (χ1n) is 5.19. The second-order valence-corrected chi connectivity index (χ2v) is 4.02. The molecule has 7 heteroatoms. The summed E-state index contributed by atoms with van der Waals surface area (Å²) in [5.41, 5.74) is 0.610. The minimum absolute atomic E-state index is 0.100. The Kier molecular flexibility index (Phi) is 5.50. The molecule has 0 saturated heterocycles. The van der Waals surface area contributed by atoms with Crippen LogP contribution in [0.4, 0.5) is 5.69 Å². The minimum Gasteiger partial charge on any atom is -0.465 e. The van der Waals surface area contributed by atoms with E-state index in [1.807, 2.05) is 0 Å². The molecule has 0 bridgehead atoms. The Morgan fingerprint density at radius 2 is 1.53 bits per heavy atom. The number of nitrogens with one attached hydrogen (secondary N) is 1. The van der Waals surface area contributed by atoms with E-state index in [1.54, 1.807) is 0 Å². The number of hydrogen-bond acceptors (Lipinski definition) is 5. The molecule has 1 aromatic carbocycles. The van der Waals surface area contributed by atoms with Crippen molar-refractivity contribution in [2.75, 3.05) is 24.9 Å². The fourth-order valence-electron chi connectivity index (χ4n) is 1.37. The Bertz CT molecular complexity index is 481. The number of ether oxygens (including phenoxy) is 2. The average Bonchev–Trinajstić information content (AvgIpc) is 2.44. The third kappa shape index (κ3) is 4.06. The van der Waals surface area contributed by atoms with Gasteiger partial charge in [0.05, 0.1) is 30.7 Å². The number of benzene rings is 1. The Labute approximate surface area is 118 Å². The molecule has 0 saturated carbocycles. The standard InChI is InChI=1S/C12H12BrNO5/c1-18-11(16)7-3-8(12(17)19-2)5-9(4-7)14-10(15)6-13/h3-5H,6H2,1-2H3,(H,14,15). The van der Waals surface area contributed by atoms with E-state index in [4.69, 9.17) is 0 Å².